The summed E-state index contributed by atoms with van der Waals surface area (Å²) in [6.07, 6.45) is 1.62. The molecule has 0 saturated heterocycles. The monoisotopic (exact) mass is 447 g/mol. The number of benzene rings is 2. The lowest BCUT2D eigenvalue weighted by Crippen LogP contribution is -2.47. The molecule has 0 fully saturated rings. The van der Waals surface area contributed by atoms with E-state index < -0.39 is 21.4 Å². The number of carbonyl (C=O) groups excluding carboxylic acids is 1. The fraction of sp³-hybridized carbons (Fsp3) is 0.286. The zero-order chi connectivity index (χ0) is 21.9. The number of anilines is 1. The predicted molar refractivity (Wildman–Crippen MR) is 120 cm³/mol. The van der Waals surface area contributed by atoms with Crippen LogP contribution < -0.4 is 10.6 Å². The van der Waals surface area contributed by atoms with Crippen LogP contribution in [0.25, 0.3) is 0 Å². The van der Waals surface area contributed by atoms with Crippen molar-refractivity contribution >= 4 is 33.4 Å². The van der Waals surface area contributed by atoms with Crippen LogP contribution in [0.2, 0.25) is 0 Å². The first kappa shape index (κ1) is 22.2. The van der Waals surface area contributed by atoms with Crippen molar-refractivity contribution in [3.8, 4) is 0 Å². The molecule has 3 N–H and O–H groups in total. The summed E-state index contributed by atoms with van der Waals surface area (Å²) in [4.78, 5) is 14.5. The summed E-state index contributed by atoms with van der Waals surface area (Å²) in [5.41, 5.74) is 7.61. The molecular weight excluding hydrogens is 422 g/mol. The van der Waals surface area contributed by atoms with Crippen molar-refractivity contribution in [1.82, 2.24) is 4.31 Å². The second-order valence-electron chi connectivity index (χ2n) is 7.03. The van der Waals surface area contributed by atoms with Crippen LogP contribution in [0.4, 0.5) is 5.69 Å². The van der Waals surface area contributed by atoms with Crippen LogP contribution in [0, 0.1) is 0 Å². The van der Waals surface area contributed by atoms with Crippen molar-refractivity contribution in [2.24, 2.45) is 5.73 Å². The van der Waals surface area contributed by atoms with Gasteiger partial charge in [-0.15, -0.1) is 0 Å². The predicted octanol–water partition coefficient (Wildman–Crippen LogP) is 2.24. The summed E-state index contributed by atoms with van der Waals surface area (Å²) >= 11 is 1.29. The summed E-state index contributed by atoms with van der Waals surface area (Å²) < 4.78 is 26.4. The minimum Gasteiger partial charge on any atom is -0.396 e. The smallest absolute Gasteiger partial charge is 0.266 e. The van der Waals surface area contributed by atoms with Gasteiger partial charge in [0.2, 0.25) is 10.0 Å². The number of aliphatic hydroxyl groups excluding tert-OH is 1. The molecule has 7 nitrogen and oxygen atoms in total. The molecule has 2 aromatic rings. The number of aliphatic hydroxyl groups is 1. The van der Waals surface area contributed by atoms with Gasteiger partial charge in [-0.1, -0.05) is 54.2 Å². The molecule has 9 heteroatoms. The summed E-state index contributed by atoms with van der Waals surface area (Å²) in [5, 5.41) is 9.16. The Morgan fingerprint density at radius 1 is 1.13 bits per heavy atom. The Morgan fingerprint density at radius 2 is 1.77 bits per heavy atom. The Labute approximate surface area is 181 Å². The topological polar surface area (TPSA) is 104 Å². The van der Waals surface area contributed by atoms with Gasteiger partial charge in [-0.3, -0.25) is 4.79 Å². The second kappa shape index (κ2) is 9.11. The lowest BCUT2D eigenvalue weighted by Gasteiger charge is -2.36. The number of amides is 1. The van der Waals surface area contributed by atoms with Gasteiger partial charge in [0, 0.05) is 23.7 Å². The van der Waals surface area contributed by atoms with Crippen LogP contribution in [0.5, 0.6) is 0 Å². The molecule has 1 atom stereocenters. The maximum absolute atomic E-state index is 12.6. The normalized spacial score (nSPS) is 16.8. The maximum Gasteiger partial charge on any atom is 0.266 e. The van der Waals surface area contributed by atoms with Crippen molar-refractivity contribution in [3.05, 3.63) is 76.3 Å². The lowest BCUT2D eigenvalue weighted by atomic mass is 10.1. The first-order valence-electron chi connectivity index (χ1n) is 9.39. The van der Waals surface area contributed by atoms with Crippen LogP contribution in [0.1, 0.15) is 18.1 Å². The number of rotatable bonds is 8. The molecule has 2 aromatic carbocycles. The molecule has 1 unspecified atom stereocenters. The molecule has 1 amide bonds. The Kier molecular flexibility index (Phi) is 6.74. The molecule has 0 bridgehead atoms. The number of hydrogen-bond acceptors (Lipinski definition) is 6. The summed E-state index contributed by atoms with van der Waals surface area (Å²) in [6, 6.07) is 17.3. The minimum absolute atomic E-state index is 0.00228. The minimum atomic E-state index is -3.76. The van der Waals surface area contributed by atoms with Crippen LogP contribution in [-0.2, 0) is 27.8 Å². The van der Waals surface area contributed by atoms with Gasteiger partial charge in [-0.05, 0) is 36.6 Å². The highest BCUT2D eigenvalue weighted by Crippen LogP contribution is 2.43. The second-order valence-corrected chi connectivity index (χ2v) is 10.2. The Balaban J connectivity index is 2.06. The third-order valence-electron chi connectivity index (χ3n) is 4.76. The van der Waals surface area contributed by atoms with Crippen molar-refractivity contribution in [2.45, 2.75) is 25.4 Å². The molecule has 30 heavy (non-hydrogen) atoms. The number of hydrogen-bond donors (Lipinski definition) is 2. The first-order chi connectivity index (χ1) is 14.2. The molecule has 0 aliphatic carbocycles. The molecule has 0 aromatic heterocycles. The van der Waals surface area contributed by atoms with E-state index in [1.807, 2.05) is 59.5 Å². The van der Waals surface area contributed by atoms with Gasteiger partial charge in [-0.2, -0.15) is 0 Å². The fourth-order valence-electron chi connectivity index (χ4n) is 3.39. The zero-order valence-electron chi connectivity index (χ0n) is 16.9. The van der Waals surface area contributed by atoms with Crippen molar-refractivity contribution in [2.75, 3.05) is 17.8 Å². The number of carbonyl (C=O) groups is 1. The number of primary amides is 1. The van der Waals surface area contributed by atoms with Crippen LogP contribution in [0.3, 0.4) is 0 Å². The maximum atomic E-state index is 12.6. The number of thioether (sulfide) groups is 1. The quantitative estimate of drug-likeness (QED) is 0.643. The Bertz CT molecular complexity index is 1040. The highest BCUT2D eigenvalue weighted by molar-refractivity contribution is 8.04. The highest BCUT2D eigenvalue weighted by Gasteiger charge is 2.42. The largest absolute Gasteiger partial charge is 0.396 e. The molecule has 3 rings (SSSR count). The summed E-state index contributed by atoms with van der Waals surface area (Å²) in [5.74, 6) is -0.772. The molecule has 1 aliphatic heterocycles. The number of nitrogens with two attached hydrogens (primary N) is 1. The molecule has 1 aliphatic rings. The third kappa shape index (κ3) is 4.80. The molecule has 0 radical (unpaired) electrons. The Hall–Kier alpha value is -2.49. The van der Waals surface area contributed by atoms with Crippen LogP contribution >= 0.6 is 11.8 Å². The van der Waals surface area contributed by atoms with Crippen LogP contribution in [0.15, 0.2) is 65.2 Å². The van der Waals surface area contributed by atoms with E-state index in [0.29, 0.717) is 17.9 Å². The number of sulfonamides is 1. The number of nitrogens with zero attached hydrogens (tertiary/aromatic N) is 2. The van der Waals surface area contributed by atoms with Gasteiger partial charge >= 0.3 is 0 Å². The van der Waals surface area contributed by atoms with E-state index in [1.165, 1.54) is 11.8 Å². The van der Waals surface area contributed by atoms with Gasteiger partial charge < -0.3 is 15.7 Å². The van der Waals surface area contributed by atoms with E-state index >= 15 is 0 Å². The van der Waals surface area contributed by atoms with E-state index in [9.17, 15) is 13.2 Å². The van der Waals surface area contributed by atoms with E-state index in [4.69, 9.17) is 10.8 Å². The average molecular weight is 448 g/mol. The van der Waals surface area contributed by atoms with Gasteiger partial charge in [0.05, 0.1) is 6.26 Å². The zero-order valence-corrected chi connectivity index (χ0v) is 18.5. The molecule has 0 spiro atoms. The van der Waals surface area contributed by atoms with E-state index in [1.54, 1.807) is 6.92 Å². The SMILES string of the molecule is CC1=C(C(N)=O)N(S(C)(=O)=O)C(N(Cc2ccccc2)c2ccc(CCO)cc2)S1. The van der Waals surface area contributed by atoms with Gasteiger partial charge in [-0.25, -0.2) is 12.7 Å². The molecule has 0 saturated carbocycles. The lowest BCUT2D eigenvalue weighted by molar-refractivity contribution is -0.115. The van der Waals surface area contributed by atoms with Crippen molar-refractivity contribution in [1.29, 1.82) is 0 Å². The van der Waals surface area contributed by atoms with Crippen LogP contribution in [-0.4, -0.2) is 42.1 Å². The molecule has 160 valence electrons. The molecule has 1 heterocycles. The van der Waals surface area contributed by atoms with Gasteiger partial charge in [0.25, 0.3) is 5.91 Å². The van der Waals surface area contributed by atoms with Crippen molar-refractivity contribution in [3.63, 3.8) is 0 Å². The highest BCUT2D eigenvalue weighted by atomic mass is 32.2. The standard InChI is InChI=1S/C21H25N3O4S2/c1-15-19(20(22)26)24(30(2,27)28)21(29-15)23(14-17-6-4-3-5-7-17)18-10-8-16(9-11-18)12-13-25/h3-11,21,25H,12-14H2,1-2H3,(H2,22,26). The van der Waals surface area contributed by atoms with Gasteiger partial charge in [0.15, 0.2) is 5.50 Å². The summed E-state index contributed by atoms with van der Waals surface area (Å²) in [6.45, 7) is 2.19. The Morgan fingerprint density at radius 3 is 2.30 bits per heavy atom. The average Bonchev–Trinajstić information content (AvgIpc) is 3.05. The van der Waals surface area contributed by atoms with Crippen molar-refractivity contribution < 1.29 is 18.3 Å². The number of allylic oxidation sites excluding steroid dienone is 1. The molecular formula is C21H25N3O4S2. The first-order valence-corrected chi connectivity index (χ1v) is 12.1. The van der Waals surface area contributed by atoms with E-state index in [-0.39, 0.29) is 12.3 Å². The third-order valence-corrected chi connectivity index (χ3v) is 7.21. The van der Waals surface area contributed by atoms with E-state index in [2.05, 4.69) is 0 Å². The fourth-order valence-corrected chi connectivity index (χ4v) is 6.20. The van der Waals surface area contributed by atoms with Gasteiger partial charge in [0.1, 0.15) is 5.70 Å². The summed E-state index contributed by atoms with van der Waals surface area (Å²) in [7, 11) is -3.76. The van der Waals surface area contributed by atoms with E-state index in [0.717, 1.165) is 27.4 Å².